The highest BCUT2D eigenvalue weighted by Gasteiger charge is 2.26. The van der Waals surface area contributed by atoms with Crippen LogP contribution < -0.4 is 21.0 Å². The Labute approximate surface area is 246 Å². The molecule has 224 valence electrons. The van der Waals surface area contributed by atoms with Crippen LogP contribution in [0.2, 0.25) is 0 Å². The van der Waals surface area contributed by atoms with E-state index < -0.39 is 17.1 Å². The molecule has 2 aliphatic rings. The Bertz CT molecular complexity index is 1690. The zero-order valence-electron chi connectivity index (χ0n) is 24.4. The van der Waals surface area contributed by atoms with Crippen molar-refractivity contribution in [2.75, 3.05) is 52.1 Å². The maximum absolute atomic E-state index is 14.6. The quantitative estimate of drug-likeness (QED) is 0.270. The second-order valence-corrected chi connectivity index (χ2v) is 11.4. The molecule has 0 unspecified atom stereocenters. The van der Waals surface area contributed by atoms with Gasteiger partial charge >= 0.3 is 5.69 Å². The third-order valence-corrected chi connectivity index (χ3v) is 8.44. The van der Waals surface area contributed by atoms with Gasteiger partial charge in [-0.2, -0.15) is 4.68 Å². The number of methoxy groups -OCH3 is 1. The number of rotatable bonds is 9. The molecule has 0 N–H and O–H groups in total. The van der Waals surface area contributed by atoms with Crippen molar-refractivity contribution in [2.45, 2.75) is 39.7 Å². The number of ether oxygens (including phenoxy) is 4. The maximum atomic E-state index is 14.6. The van der Waals surface area contributed by atoms with Gasteiger partial charge in [-0.25, -0.2) is 14.2 Å². The first-order chi connectivity index (χ1) is 20.2. The summed E-state index contributed by atoms with van der Waals surface area (Å²) in [5.41, 5.74) is 1.02. The standard InChI is InChI=1S/C30H35FN4O6S/c1-18(2)8-12-33(4)35-28(36)25-19(3)26(27-32-11-15-40-27)42-29(25)34(30(35)37)17-24(41-21-9-13-39-14-10-21)22-16-20(31)6-7-23(22)38-5/h6-8,16-17,21H,9-15H2,1-5H3. The number of hydrogen-bond donors (Lipinski definition) is 0. The number of thiophene rings is 1. The van der Waals surface area contributed by atoms with Crippen LogP contribution in [0.4, 0.5) is 4.39 Å². The summed E-state index contributed by atoms with van der Waals surface area (Å²) in [6.07, 6.45) is 4.49. The molecule has 10 nitrogen and oxygen atoms in total. The van der Waals surface area contributed by atoms with Crippen molar-refractivity contribution in [1.82, 2.24) is 9.24 Å². The van der Waals surface area contributed by atoms with E-state index in [0.717, 1.165) is 10.2 Å². The smallest absolute Gasteiger partial charge is 0.355 e. The van der Waals surface area contributed by atoms with Crippen LogP contribution in [0.1, 0.15) is 42.7 Å². The average Bonchev–Trinajstić information content (AvgIpc) is 3.62. The molecule has 3 aromatic rings. The molecule has 2 aromatic heterocycles. The van der Waals surface area contributed by atoms with Crippen LogP contribution in [0, 0.1) is 12.7 Å². The Morgan fingerprint density at radius 1 is 1.24 bits per heavy atom. The lowest BCUT2D eigenvalue weighted by Crippen LogP contribution is -2.50. The molecule has 1 saturated heterocycles. The van der Waals surface area contributed by atoms with Crippen molar-refractivity contribution >= 4 is 39.4 Å². The Morgan fingerprint density at radius 3 is 2.67 bits per heavy atom. The summed E-state index contributed by atoms with van der Waals surface area (Å²) in [4.78, 5) is 33.7. The largest absolute Gasteiger partial charge is 0.496 e. The van der Waals surface area contributed by atoms with E-state index in [0.29, 0.717) is 83.6 Å². The lowest BCUT2D eigenvalue weighted by atomic mass is 10.1. The van der Waals surface area contributed by atoms with Crippen LogP contribution in [0.3, 0.4) is 0 Å². The van der Waals surface area contributed by atoms with Gasteiger partial charge in [0.15, 0.2) is 0 Å². The van der Waals surface area contributed by atoms with Crippen molar-refractivity contribution in [1.29, 1.82) is 0 Å². The molecule has 1 aromatic carbocycles. The summed E-state index contributed by atoms with van der Waals surface area (Å²) < 4.78 is 40.3. The SMILES string of the molecule is COc1ccc(F)cc1C(=Cn1c(=O)n(N(C)CC=C(C)C)c(=O)c2c(C)c(C3=NCCO3)sc21)OC1CCOCC1. The maximum Gasteiger partial charge on any atom is 0.355 e. The van der Waals surface area contributed by atoms with Crippen LogP contribution in [0.15, 0.2) is 44.4 Å². The molecule has 0 saturated carbocycles. The summed E-state index contributed by atoms with van der Waals surface area (Å²) in [6.45, 7) is 8.09. The third-order valence-electron chi connectivity index (χ3n) is 7.16. The van der Waals surface area contributed by atoms with E-state index in [2.05, 4.69) is 4.99 Å². The van der Waals surface area contributed by atoms with Gasteiger partial charge in [-0.1, -0.05) is 11.6 Å². The summed E-state index contributed by atoms with van der Waals surface area (Å²) in [7, 11) is 3.17. The fourth-order valence-corrected chi connectivity index (χ4v) is 6.15. The fraction of sp³-hybridized carbons (Fsp3) is 0.433. The molecule has 2 aliphatic heterocycles. The summed E-state index contributed by atoms with van der Waals surface area (Å²) in [5, 5.41) is 1.94. The molecule has 12 heteroatoms. The minimum absolute atomic E-state index is 0.225. The van der Waals surface area contributed by atoms with E-state index in [4.69, 9.17) is 18.9 Å². The average molecular weight is 599 g/mol. The zero-order valence-corrected chi connectivity index (χ0v) is 25.3. The number of benzene rings is 1. The Kier molecular flexibility index (Phi) is 8.83. The number of aromatic nitrogens is 2. The molecular formula is C30H35FN4O6S. The topological polar surface area (TPSA) is 96.5 Å². The first-order valence-corrected chi connectivity index (χ1v) is 14.6. The molecule has 0 radical (unpaired) electrons. The van der Waals surface area contributed by atoms with Crippen LogP contribution in [-0.2, 0) is 14.2 Å². The van der Waals surface area contributed by atoms with E-state index in [9.17, 15) is 14.0 Å². The summed E-state index contributed by atoms with van der Waals surface area (Å²) in [6, 6.07) is 4.13. The number of halogens is 1. The lowest BCUT2D eigenvalue weighted by molar-refractivity contribution is 0.0139. The number of hydrogen-bond acceptors (Lipinski definition) is 9. The van der Waals surface area contributed by atoms with Gasteiger partial charge in [0.25, 0.3) is 5.56 Å². The van der Waals surface area contributed by atoms with E-state index >= 15 is 0 Å². The number of allylic oxidation sites excluding steroid dienone is 1. The van der Waals surface area contributed by atoms with Gasteiger partial charge in [0.05, 0.1) is 55.4 Å². The van der Waals surface area contributed by atoms with Crippen LogP contribution >= 0.6 is 11.3 Å². The first kappa shape index (κ1) is 29.6. The molecule has 4 heterocycles. The normalized spacial score (nSPS) is 15.9. The second kappa shape index (κ2) is 12.5. The van der Waals surface area contributed by atoms with Crippen molar-refractivity contribution in [3.63, 3.8) is 0 Å². The summed E-state index contributed by atoms with van der Waals surface area (Å²) >= 11 is 1.25. The molecule has 5 rings (SSSR count). The minimum Gasteiger partial charge on any atom is -0.496 e. The van der Waals surface area contributed by atoms with Crippen LogP contribution in [0.5, 0.6) is 5.75 Å². The highest BCUT2D eigenvalue weighted by atomic mass is 32.1. The van der Waals surface area contributed by atoms with Gasteiger partial charge < -0.3 is 24.0 Å². The van der Waals surface area contributed by atoms with Crippen molar-refractivity contribution in [3.05, 3.63) is 72.5 Å². The Hall–Kier alpha value is -3.90. The van der Waals surface area contributed by atoms with Gasteiger partial charge in [-0.3, -0.25) is 9.36 Å². The van der Waals surface area contributed by atoms with E-state index in [1.54, 1.807) is 12.1 Å². The molecular weight excluding hydrogens is 563 g/mol. The molecule has 0 bridgehead atoms. The van der Waals surface area contributed by atoms with E-state index in [1.165, 1.54) is 47.4 Å². The number of aryl methyl sites for hydroxylation is 1. The van der Waals surface area contributed by atoms with Gasteiger partial charge in [0, 0.05) is 19.9 Å². The predicted molar refractivity (Wildman–Crippen MR) is 163 cm³/mol. The Morgan fingerprint density at radius 2 is 2.00 bits per heavy atom. The molecule has 42 heavy (non-hydrogen) atoms. The molecule has 1 fully saturated rings. The number of nitrogens with zero attached hydrogens (tertiary/aromatic N) is 4. The molecule has 0 spiro atoms. The predicted octanol–water partition coefficient (Wildman–Crippen LogP) is 4.14. The number of likely N-dealkylation sites (N-methyl/N-ethyl adjacent to an activating group) is 1. The van der Waals surface area contributed by atoms with Crippen LogP contribution in [0.25, 0.3) is 22.2 Å². The van der Waals surface area contributed by atoms with Gasteiger partial charge in [0.2, 0.25) is 5.90 Å². The van der Waals surface area contributed by atoms with E-state index in [1.807, 2.05) is 26.8 Å². The monoisotopic (exact) mass is 598 g/mol. The van der Waals surface area contributed by atoms with Crippen LogP contribution in [-0.4, -0.2) is 68.3 Å². The lowest BCUT2D eigenvalue weighted by Gasteiger charge is -2.26. The van der Waals surface area contributed by atoms with Crippen molar-refractivity contribution < 1.29 is 23.3 Å². The van der Waals surface area contributed by atoms with Crippen molar-refractivity contribution in [2.24, 2.45) is 4.99 Å². The van der Waals surface area contributed by atoms with Gasteiger partial charge in [-0.15, -0.1) is 11.3 Å². The molecule has 0 aliphatic carbocycles. The van der Waals surface area contributed by atoms with Gasteiger partial charge in [-0.05, 0) is 44.5 Å². The summed E-state index contributed by atoms with van der Waals surface area (Å²) in [5.74, 6) is 0.582. The highest BCUT2D eigenvalue weighted by Crippen LogP contribution is 2.34. The van der Waals surface area contributed by atoms with Crippen molar-refractivity contribution in [3.8, 4) is 5.75 Å². The fourth-order valence-electron chi connectivity index (χ4n) is 4.92. The Balaban J connectivity index is 1.80. The van der Waals surface area contributed by atoms with E-state index in [-0.39, 0.29) is 11.9 Å². The van der Waals surface area contributed by atoms with Gasteiger partial charge in [0.1, 0.15) is 34.9 Å². The highest BCUT2D eigenvalue weighted by molar-refractivity contribution is 7.20. The second-order valence-electron chi connectivity index (χ2n) is 10.4. The number of fused-ring (bicyclic) bond motifs is 1. The first-order valence-electron chi connectivity index (χ1n) is 13.8. The zero-order chi connectivity index (χ0) is 30.0. The minimum atomic E-state index is -0.595. The molecule has 0 amide bonds. The number of aliphatic imine (C=N–C) groups is 1. The molecule has 0 atom stereocenters. The third kappa shape index (κ3) is 5.86.